The average molecular weight is 342 g/mol. The number of sulfone groups is 1. The molecule has 0 bridgehead atoms. The van der Waals surface area contributed by atoms with Gasteiger partial charge in [-0.3, -0.25) is 0 Å². The molecule has 0 heterocycles. The fourth-order valence-corrected chi connectivity index (χ4v) is 3.74. The first kappa shape index (κ1) is 13.9. The molecule has 0 spiro atoms. The molecule has 0 radical (unpaired) electrons. The lowest BCUT2D eigenvalue weighted by Gasteiger charge is -2.08. The van der Waals surface area contributed by atoms with Crippen molar-refractivity contribution in [3.8, 4) is 5.75 Å². The van der Waals surface area contributed by atoms with E-state index in [4.69, 9.17) is 5.73 Å². The van der Waals surface area contributed by atoms with Gasteiger partial charge in [0.1, 0.15) is 5.75 Å². The third-order valence-corrected chi connectivity index (χ3v) is 4.81. The van der Waals surface area contributed by atoms with Gasteiger partial charge in [-0.25, -0.2) is 8.42 Å². The van der Waals surface area contributed by atoms with E-state index in [0.29, 0.717) is 10.0 Å². The molecule has 0 amide bonds. The Bertz CT molecular complexity index is 714. The maximum absolute atomic E-state index is 12.3. The van der Waals surface area contributed by atoms with E-state index in [-0.39, 0.29) is 22.1 Å². The predicted octanol–water partition coefficient (Wildman–Crippen LogP) is 2.71. The second-order valence-electron chi connectivity index (χ2n) is 4.11. The van der Waals surface area contributed by atoms with Gasteiger partial charge >= 0.3 is 0 Å². The van der Waals surface area contributed by atoms with Crippen LogP contribution in [0.15, 0.2) is 51.8 Å². The van der Waals surface area contributed by atoms with Crippen LogP contribution in [0.5, 0.6) is 5.75 Å². The summed E-state index contributed by atoms with van der Waals surface area (Å²) in [6.45, 7) is 0. The highest BCUT2D eigenvalue weighted by Gasteiger charge is 2.19. The number of phenols is 1. The lowest BCUT2D eigenvalue weighted by Crippen LogP contribution is -2.08. The van der Waals surface area contributed by atoms with Crippen molar-refractivity contribution in [1.82, 2.24) is 0 Å². The topological polar surface area (TPSA) is 80.4 Å². The number of anilines is 1. The van der Waals surface area contributed by atoms with Crippen LogP contribution in [0.3, 0.4) is 0 Å². The second kappa shape index (κ2) is 5.22. The molecule has 0 saturated heterocycles. The zero-order chi connectivity index (χ0) is 14.0. The lowest BCUT2D eigenvalue weighted by atomic mass is 10.2. The lowest BCUT2D eigenvalue weighted by molar-refractivity contribution is 0.475. The molecule has 0 fully saturated rings. The van der Waals surface area contributed by atoms with Crippen molar-refractivity contribution in [1.29, 1.82) is 0 Å². The molecule has 0 aliphatic carbocycles. The maximum atomic E-state index is 12.3. The minimum Gasteiger partial charge on any atom is -0.508 e. The molecular formula is C13H12BrNO3S. The van der Waals surface area contributed by atoms with Gasteiger partial charge in [0.15, 0.2) is 9.84 Å². The Hall–Kier alpha value is -1.53. The van der Waals surface area contributed by atoms with Crippen LogP contribution in [-0.4, -0.2) is 13.5 Å². The number of nitrogen functional groups attached to an aromatic ring is 1. The first-order valence-electron chi connectivity index (χ1n) is 5.44. The van der Waals surface area contributed by atoms with E-state index in [9.17, 15) is 13.5 Å². The van der Waals surface area contributed by atoms with Crippen LogP contribution in [-0.2, 0) is 15.6 Å². The average Bonchev–Trinajstić information content (AvgIpc) is 2.31. The molecule has 2 rings (SSSR count). The van der Waals surface area contributed by atoms with Crippen molar-refractivity contribution in [2.75, 3.05) is 5.73 Å². The molecule has 2 aromatic carbocycles. The summed E-state index contributed by atoms with van der Waals surface area (Å²) in [7, 11) is -3.55. The van der Waals surface area contributed by atoms with Crippen LogP contribution in [0.1, 0.15) is 5.56 Å². The molecule has 0 aliphatic rings. The smallest absolute Gasteiger partial charge is 0.184 e. The molecule has 0 unspecified atom stereocenters. The fraction of sp³-hybridized carbons (Fsp3) is 0.0769. The van der Waals surface area contributed by atoms with E-state index in [1.165, 1.54) is 18.2 Å². The number of phenolic OH excluding ortho intramolecular Hbond substituents is 1. The molecule has 2 aromatic rings. The quantitative estimate of drug-likeness (QED) is 0.841. The molecule has 6 heteroatoms. The Morgan fingerprint density at radius 3 is 2.58 bits per heavy atom. The van der Waals surface area contributed by atoms with Gasteiger partial charge in [-0.2, -0.15) is 0 Å². The fourth-order valence-electron chi connectivity index (χ4n) is 1.72. The SMILES string of the molecule is Nc1ccc(Br)cc1S(=O)(=O)Cc1cccc(O)c1. The van der Waals surface area contributed by atoms with Crippen LogP contribution in [0.4, 0.5) is 5.69 Å². The van der Waals surface area contributed by atoms with Crippen LogP contribution < -0.4 is 5.73 Å². The second-order valence-corrected chi connectivity index (χ2v) is 6.98. The summed E-state index contributed by atoms with van der Waals surface area (Å²) in [5, 5.41) is 9.35. The van der Waals surface area contributed by atoms with Crippen molar-refractivity contribution in [2.45, 2.75) is 10.6 Å². The third-order valence-electron chi connectivity index (χ3n) is 2.58. The van der Waals surface area contributed by atoms with Crippen molar-refractivity contribution >= 4 is 31.5 Å². The zero-order valence-electron chi connectivity index (χ0n) is 9.88. The van der Waals surface area contributed by atoms with Gasteiger partial charge in [-0.15, -0.1) is 0 Å². The van der Waals surface area contributed by atoms with Gasteiger partial charge in [0.25, 0.3) is 0 Å². The summed E-state index contributed by atoms with van der Waals surface area (Å²) in [4.78, 5) is 0.0882. The van der Waals surface area contributed by atoms with E-state index in [2.05, 4.69) is 15.9 Å². The van der Waals surface area contributed by atoms with Gasteiger partial charge < -0.3 is 10.8 Å². The van der Waals surface area contributed by atoms with Crippen molar-refractivity contribution < 1.29 is 13.5 Å². The van der Waals surface area contributed by atoms with Crippen LogP contribution in [0.2, 0.25) is 0 Å². The Kier molecular flexibility index (Phi) is 3.82. The van der Waals surface area contributed by atoms with E-state index in [1.54, 1.807) is 24.3 Å². The monoisotopic (exact) mass is 341 g/mol. The molecule has 0 aliphatic heterocycles. The molecular weight excluding hydrogens is 330 g/mol. The summed E-state index contributed by atoms with van der Waals surface area (Å²) in [5.41, 5.74) is 6.43. The third kappa shape index (κ3) is 3.27. The van der Waals surface area contributed by atoms with E-state index in [0.717, 1.165) is 0 Å². The minimum atomic E-state index is -3.55. The van der Waals surface area contributed by atoms with Gasteiger partial charge in [-0.05, 0) is 35.9 Å². The molecule has 0 aromatic heterocycles. The van der Waals surface area contributed by atoms with Crippen LogP contribution >= 0.6 is 15.9 Å². The van der Waals surface area contributed by atoms with Crippen molar-refractivity contribution in [3.05, 3.63) is 52.5 Å². The summed E-state index contributed by atoms with van der Waals surface area (Å²) in [6.07, 6.45) is 0. The highest BCUT2D eigenvalue weighted by Crippen LogP contribution is 2.26. The molecule has 0 atom stereocenters. The highest BCUT2D eigenvalue weighted by atomic mass is 79.9. The van der Waals surface area contributed by atoms with Crippen LogP contribution in [0.25, 0.3) is 0 Å². The van der Waals surface area contributed by atoms with E-state index in [1.807, 2.05) is 0 Å². The molecule has 4 nitrogen and oxygen atoms in total. The summed E-state index contributed by atoms with van der Waals surface area (Å²) < 4.78 is 25.3. The van der Waals surface area contributed by atoms with Crippen LogP contribution in [0, 0.1) is 0 Å². The summed E-state index contributed by atoms with van der Waals surface area (Å²) in [5.74, 6) is -0.169. The Morgan fingerprint density at radius 2 is 1.89 bits per heavy atom. The molecule has 100 valence electrons. The van der Waals surface area contributed by atoms with Gasteiger partial charge in [0.2, 0.25) is 0 Å². The molecule has 0 saturated carbocycles. The Balaban J connectivity index is 2.40. The Morgan fingerprint density at radius 1 is 1.16 bits per heavy atom. The number of rotatable bonds is 3. The first-order chi connectivity index (χ1) is 8.88. The van der Waals surface area contributed by atoms with Crippen molar-refractivity contribution in [2.24, 2.45) is 0 Å². The maximum Gasteiger partial charge on any atom is 0.184 e. The largest absolute Gasteiger partial charge is 0.508 e. The zero-order valence-corrected chi connectivity index (χ0v) is 12.3. The summed E-state index contributed by atoms with van der Waals surface area (Å²) >= 11 is 3.23. The molecule has 19 heavy (non-hydrogen) atoms. The number of benzene rings is 2. The van der Waals surface area contributed by atoms with Crippen molar-refractivity contribution in [3.63, 3.8) is 0 Å². The first-order valence-corrected chi connectivity index (χ1v) is 7.89. The summed E-state index contributed by atoms with van der Waals surface area (Å²) in [6, 6.07) is 10.9. The standard InChI is InChI=1S/C13H12BrNO3S/c14-10-4-5-12(15)13(7-10)19(17,18)8-9-2-1-3-11(16)6-9/h1-7,16H,8,15H2. The van der Waals surface area contributed by atoms with Gasteiger partial charge in [0.05, 0.1) is 16.3 Å². The number of halogens is 1. The minimum absolute atomic E-state index is 0.0370. The van der Waals surface area contributed by atoms with Gasteiger partial charge in [0, 0.05) is 4.47 Å². The highest BCUT2D eigenvalue weighted by molar-refractivity contribution is 9.10. The van der Waals surface area contributed by atoms with E-state index >= 15 is 0 Å². The number of nitrogens with two attached hydrogens (primary N) is 1. The Labute approximate surface area is 119 Å². The molecule has 3 N–H and O–H groups in total. The normalized spacial score (nSPS) is 11.4. The number of hydrogen-bond acceptors (Lipinski definition) is 4. The number of aromatic hydroxyl groups is 1. The number of hydrogen-bond donors (Lipinski definition) is 2. The van der Waals surface area contributed by atoms with Gasteiger partial charge in [-0.1, -0.05) is 28.1 Å². The predicted molar refractivity (Wildman–Crippen MR) is 77.6 cm³/mol. The van der Waals surface area contributed by atoms with E-state index < -0.39 is 9.84 Å².